The molecule has 0 bridgehead atoms. The number of amides is 1. The van der Waals surface area contributed by atoms with Crippen molar-refractivity contribution in [1.82, 2.24) is 14.9 Å². The van der Waals surface area contributed by atoms with E-state index < -0.39 is 41.7 Å². The SMILES string of the molecule is O=C(NC1CCC(F)CC1)c1c(O)c2cccnc2n(CC(O)CO)c1=O. The number of carbonyl (C=O) groups excluding carboxylic acids is 1. The topological polar surface area (TPSA) is 125 Å². The van der Waals surface area contributed by atoms with Gasteiger partial charge in [-0.05, 0) is 37.8 Å². The molecule has 2 aromatic heterocycles. The number of nitrogens with zero attached hydrogens (tertiary/aromatic N) is 2. The molecule has 1 unspecified atom stereocenters. The molecule has 3 rings (SSSR count). The van der Waals surface area contributed by atoms with Crippen molar-refractivity contribution in [2.75, 3.05) is 6.61 Å². The fourth-order valence-electron chi connectivity index (χ4n) is 3.36. The van der Waals surface area contributed by atoms with Crippen LogP contribution in [0.25, 0.3) is 11.0 Å². The van der Waals surface area contributed by atoms with Gasteiger partial charge in [0.1, 0.15) is 23.1 Å². The smallest absolute Gasteiger partial charge is 0.268 e. The zero-order valence-corrected chi connectivity index (χ0v) is 14.6. The maximum absolute atomic E-state index is 13.3. The molecule has 1 amide bonds. The Bertz CT molecular complexity index is 892. The first-order valence-corrected chi connectivity index (χ1v) is 8.86. The molecule has 0 saturated heterocycles. The standard InChI is InChI=1S/C18H22FN3O5/c19-10-3-5-11(6-4-10)21-17(26)14-15(25)13-2-1-7-20-16(13)22(18(14)27)8-12(24)9-23/h1-2,7,10-12,23-25H,3-6,8-9H2,(H,21,26). The third-order valence-corrected chi connectivity index (χ3v) is 4.82. The molecule has 0 aliphatic heterocycles. The summed E-state index contributed by atoms with van der Waals surface area (Å²) in [6.07, 6.45) is 0.902. The van der Waals surface area contributed by atoms with E-state index >= 15 is 0 Å². The first kappa shape index (κ1) is 19.2. The number of hydrogen-bond donors (Lipinski definition) is 4. The van der Waals surface area contributed by atoms with Crippen LogP contribution in [0.3, 0.4) is 0 Å². The van der Waals surface area contributed by atoms with Gasteiger partial charge in [0.15, 0.2) is 0 Å². The molecule has 0 aromatic carbocycles. The number of pyridine rings is 2. The van der Waals surface area contributed by atoms with Gasteiger partial charge in [0.2, 0.25) is 0 Å². The summed E-state index contributed by atoms with van der Waals surface area (Å²) in [7, 11) is 0. The predicted molar refractivity (Wildman–Crippen MR) is 95.4 cm³/mol. The highest BCUT2D eigenvalue weighted by Crippen LogP contribution is 2.26. The minimum Gasteiger partial charge on any atom is -0.506 e. The number of rotatable bonds is 5. The Morgan fingerprint density at radius 3 is 2.74 bits per heavy atom. The fraction of sp³-hybridized carbons (Fsp3) is 0.500. The molecule has 1 atom stereocenters. The minimum absolute atomic E-state index is 0.0991. The largest absolute Gasteiger partial charge is 0.506 e. The summed E-state index contributed by atoms with van der Waals surface area (Å²) in [4.78, 5) is 29.6. The third-order valence-electron chi connectivity index (χ3n) is 4.82. The van der Waals surface area contributed by atoms with E-state index in [1.165, 1.54) is 12.3 Å². The normalized spacial score (nSPS) is 21.1. The molecular weight excluding hydrogens is 357 g/mol. The Labute approximate surface area is 154 Å². The van der Waals surface area contributed by atoms with Gasteiger partial charge in [0.25, 0.3) is 11.5 Å². The van der Waals surface area contributed by atoms with Gasteiger partial charge in [0, 0.05) is 12.2 Å². The molecule has 1 aliphatic rings. The number of aliphatic hydroxyl groups excluding tert-OH is 2. The highest BCUT2D eigenvalue weighted by atomic mass is 19.1. The van der Waals surface area contributed by atoms with Gasteiger partial charge in [-0.15, -0.1) is 0 Å². The molecule has 0 spiro atoms. The molecule has 1 aliphatic carbocycles. The molecule has 9 heteroatoms. The zero-order valence-electron chi connectivity index (χ0n) is 14.6. The molecule has 1 fully saturated rings. The molecule has 146 valence electrons. The molecule has 8 nitrogen and oxygen atoms in total. The Morgan fingerprint density at radius 2 is 2.07 bits per heavy atom. The number of aliphatic hydroxyl groups is 2. The van der Waals surface area contributed by atoms with Gasteiger partial charge in [-0.3, -0.25) is 14.2 Å². The number of aromatic nitrogens is 2. The fourth-order valence-corrected chi connectivity index (χ4v) is 3.36. The molecular formula is C18H22FN3O5. The van der Waals surface area contributed by atoms with Crippen LogP contribution in [0.1, 0.15) is 36.0 Å². The van der Waals surface area contributed by atoms with E-state index in [1.54, 1.807) is 6.07 Å². The maximum Gasteiger partial charge on any atom is 0.268 e. The van der Waals surface area contributed by atoms with Gasteiger partial charge < -0.3 is 20.6 Å². The van der Waals surface area contributed by atoms with Crippen molar-refractivity contribution in [3.05, 3.63) is 34.2 Å². The highest BCUT2D eigenvalue weighted by molar-refractivity contribution is 6.01. The molecule has 27 heavy (non-hydrogen) atoms. The summed E-state index contributed by atoms with van der Waals surface area (Å²) in [6.45, 7) is -0.855. The maximum atomic E-state index is 13.3. The van der Waals surface area contributed by atoms with Crippen molar-refractivity contribution in [2.24, 2.45) is 0 Å². The number of fused-ring (bicyclic) bond motifs is 1. The van der Waals surface area contributed by atoms with Gasteiger partial charge >= 0.3 is 0 Å². The lowest BCUT2D eigenvalue weighted by Gasteiger charge is -2.25. The number of hydrogen-bond acceptors (Lipinski definition) is 6. The van der Waals surface area contributed by atoms with Crippen LogP contribution < -0.4 is 10.9 Å². The van der Waals surface area contributed by atoms with Crippen LogP contribution in [0.2, 0.25) is 0 Å². The Morgan fingerprint density at radius 1 is 1.37 bits per heavy atom. The van der Waals surface area contributed by atoms with Gasteiger partial charge in [-0.1, -0.05) is 0 Å². The van der Waals surface area contributed by atoms with Crippen molar-refractivity contribution in [3.8, 4) is 5.75 Å². The lowest BCUT2D eigenvalue weighted by atomic mass is 9.94. The quantitative estimate of drug-likeness (QED) is 0.598. The van der Waals surface area contributed by atoms with Crippen molar-refractivity contribution >= 4 is 16.9 Å². The number of alkyl halides is 1. The Hall–Kier alpha value is -2.52. The molecule has 1 saturated carbocycles. The van der Waals surface area contributed by atoms with Crippen molar-refractivity contribution in [3.63, 3.8) is 0 Å². The second kappa shape index (κ2) is 8.01. The van der Waals surface area contributed by atoms with Crippen molar-refractivity contribution < 1.29 is 24.5 Å². The van der Waals surface area contributed by atoms with Crippen LogP contribution in [0.5, 0.6) is 5.75 Å². The predicted octanol–water partition coefficient (Wildman–Crippen LogP) is 0.466. The molecule has 0 radical (unpaired) electrons. The van der Waals surface area contributed by atoms with Gasteiger partial charge in [-0.25, -0.2) is 9.37 Å². The van der Waals surface area contributed by atoms with Gasteiger partial charge in [-0.2, -0.15) is 0 Å². The van der Waals surface area contributed by atoms with Crippen LogP contribution in [0.4, 0.5) is 4.39 Å². The molecule has 2 heterocycles. The zero-order chi connectivity index (χ0) is 19.6. The second-order valence-corrected chi connectivity index (χ2v) is 6.77. The van der Waals surface area contributed by atoms with Crippen LogP contribution in [-0.4, -0.2) is 55.7 Å². The minimum atomic E-state index is -1.23. The van der Waals surface area contributed by atoms with Crippen LogP contribution >= 0.6 is 0 Å². The average Bonchev–Trinajstić information content (AvgIpc) is 2.67. The van der Waals surface area contributed by atoms with E-state index in [-0.39, 0.29) is 23.6 Å². The Balaban J connectivity index is 2.01. The van der Waals surface area contributed by atoms with E-state index in [1.807, 2.05) is 0 Å². The first-order chi connectivity index (χ1) is 12.9. The lowest BCUT2D eigenvalue weighted by Crippen LogP contribution is -2.41. The van der Waals surface area contributed by atoms with Crippen molar-refractivity contribution in [2.45, 2.75) is 50.5 Å². The molecule has 2 aromatic rings. The summed E-state index contributed by atoms with van der Waals surface area (Å²) >= 11 is 0. The monoisotopic (exact) mass is 379 g/mol. The number of halogens is 1. The summed E-state index contributed by atoms with van der Waals surface area (Å²) in [5, 5.41) is 32.2. The first-order valence-electron chi connectivity index (χ1n) is 8.86. The van der Waals surface area contributed by atoms with E-state index in [0.29, 0.717) is 25.7 Å². The summed E-state index contributed by atoms with van der Waals surface area (Å²) in [6, 6.07) is 2.78. The summed E-state index contributed by atoms with van der Waals surface area (Å²) < 4.78 is 14.3. The van der Waals surface area contributed by atoms with Crippen LogP contribution in [0, 0.1) is 0 Å². The van der Waals surface area contributed by atoms with Crippen LogP contribution in [-0.2, 0) is 6.54 Å². The molecule has 4 N–H and O–H groups in total. The highest BCUT2D eigenvalue weighted by Gasteiger charge is 2.27. The van der Waals surface area contributed by atoms with E-state index in [4.69, 9.17) is 5.11 Å². The van der Waals surface area contributed by atoms with E-state index in [2.05, 4.69) is 10.3 Å². The average molecular weight is 379 g/mol. The number of carbonyl (C=O) groups is 1. The lowest BCUT2D eigenvalue weighted by molar-refractivity contribution is 0.0807. The van der Waals surface area contributed by atoms with Gasteiger partial charge in [0.05, 0.1) is 24.6 Å². The summed E-state index contributed by atoms with van der Waals surface area (Å²) in [5.41, 5.74) is -1.17. The number of nitrogens with one attached hydrogen (secondary N) is 1. The van der Waals surface area contributed by atoms with Crippen molar-refractivity contribution in [1.29, 1.82) is 0 Å². The Kier molecular flexibility index (Phi) is 5.71. The van der Waals surface area contributed by atoms with E-state index in [0.717, 1.165) is 4.57 Å². The third kappa shape index (κ3) is 3.93. The number of aromatic hydroxyl groups is 1. The van der Waals surface area contributed by atoms with E-state index in [9.17, 15) is 24.2 Å². The second-order valence-electron chi connectivity index (χ2n) is 6.77. The summed E-state index contributed by atoms with van der Waals surface area (Å²) in [5.74, 6) is -1.24. The van der Waals surface area contributed by atoms with Crippen LogP contribution in [0.15, 0.2) is 23.1 Å².